The normalized spacial score (nSPS) is 11.3. The van der Waals surface area contributed by atoms with Crippen molar-refractivity contribution in [3.63, 3.8) is 0 Å². The smallest absolute Gasteiger partial charge is 0.341 e. The predicted octanol–water partition coefficient (Wildman–Crippen LogP) is 3.38. The van der Waals surface area contributed by atoms with Crippen LogP contribution in [-0.4, -0.2) is 21.5 Å². The number of hydrogen-bond acceptors (Lipinski definition) is 5. The Morgan fingerprint density at radius 2 is 2.04 bits per heavy atom. The van der Waals surface area contributed by atoms with Gasteiger partial charge in [0.25, 0.3) is 5.56 Å². The molecule has 7 heteroatoms. The molecule has 0 atom stereocenters. The Morgan fingerprint density at radius 1 is 1.35 bits per heavy atom. The van der Waals surface area contributed by atoms with E-state index in [9.17, 15) is 9.59 Å². The van der Waals surface area contributed by atoms with E-state index in [0.29, 0.717) is 25.3 Å². The van der Waals surface area contributed by atoms with Gasteiger partial charge in [-0.1, -0.05) is 0 Å². The van der Waals surface area contributed by atoms with E-state index < -0.39 is 5.97 Å². The maximum absolute atomic E-state index is 12.7. The molecule has 0 radical (unpaired) electrons. The van der Waals surface area contributed by atoms with Gasteiger partial charge >= 0.3 is 5.97 Å². The summed E-state index contributed by atoms with van der Waals surface area (Å²) in [4.78, 5) is 25.2. The number of carbonyl (C=O) groups excluding carboxylic acids is 1. The number of pyridine rings is 1. The minimum absolute atomic E-state index is 0.207. The van der Waals surface area contributed by atoms with E-state index in [-0.39, 0.29) is 12.2 Å². The van der Waals surface area contributed by atoms with Crippen LogP contribution in [0.3, 0.4) is 0 Å². The first kappa shape index (κ1) is 15.9. The number of hydrogen-bond donors (Lipinski definition) is 0. The highest BCUT2D eigenvalue weighted by Gasteiger charge is 2.24. The molecule has 0 fully saturated rings. The van der Waals surface area contributed by atoms with E-state index in [2.05, 4.69) is 0 Å². The van der Waals surface area contributed by atoms with Crippen molar-refractivity contribution in [2.45, 2.75) is 20.8 Å². The second kappa shape index (κ2) is 5.58. The van der Waals surface area contributed by atoms with Gasteiger partial charge in [0.05, 0.1) is 16.8 Å². The molecule has 5 nitrogen and oxygen atoms in total. The summed E-state index contributed by atoms with van der Waals surface area (Å²) in [5.41, 5.74) is 3.28. The third-order valence-corrected chi connectivity index (χ3v) is 5.34. The quantitative estimate of drug-likeness (QED) is 0.526. The van der Waals surface area contributed by atoms with Crippen molar-refractivity contribution in [2.24, 2.45) is 7.05 Å². The zero-order valence-corrected chi connectivity index (χ0v) is 14.9. The third kappa shape index (κ3) is 2.31. The maximum atomic E-state index is 12.7. The molecule has 0 aliphatic carbocycles. The van der Waals surface area contributed by atoms with Crippen molar-refractivity contribution < 1.29 is 9.53 Å². The number of rotatable bonds is 2. The number of aromatic nitrogens is 2. The van der Waals surface area contributed by atoms with Crippen molar-refractivity contribution in [2.75, 3.05) is 6.61 Å². The molecule has 0 spiro atoms. The van der Waals surface area contributed by atoms with E-state index in [0.717, 1.165) is 11.3 Å². The fourth-order valence-corrected chi connectivity index (χ4v) is 4.11. The molecule has 0 saturated heterocycles. The summed E-state index contributed by atoms with van der Waals surface area (Å²) >= 11 is 6.52. The van der Waals surface area contributed by atoms with Crippen LogP contribution in [-0.2, 0) is 11.8 Å². The Kier molecular flexibility index (Phi) is 3.85. The minimum atomic E-state index is -0.427. The molecular formula is C16H16N2O3S2. The molecule has 0 aromatic carbocycles. The molecule has 0 aliphatic rings. The van der Waals surface area contributed by atoms with Crippen LogP contribution in [0.15, 0.2) is 16.9 Å². The van der Waals surface area contributed by atoms with Crippen molar-refractivity contribution in [1.29, 1.82) is 0 Å². The average molecular weight is 348 g/mol. The van der Waals surface area contributed by atoms with Crippen LogP contribution in [0.25, 0.3) is 15.7 Å². The van der Waals surface area contributed by atoms with Crippen LogP contribution in [0.2, 0.25) is 0 Å². The first-order valence-electron chi connectivity index (χ1n) is 7.19. The number of nitrogens with zero attached hydrogens (tertiary/aromatic N) is 2. The van der Waals surface area contributed by atoms with Crippen molar-refractivity contribution in [1.82, 2.24) is 8.97 Å². The second-order valence-electron chi connectivity index (χ2n) is 5.40. The van der Waals surface area contributed by atoms with Crippen LogP contribution >= 0.6 is 23.6 Å². The van der Waals surface area contributed by atoms with E-state index >= 15 is 0 Å². The lowest BCUT2D eigenvalue weighted by atomic mass is 10.2. The zero-order valence-electron chi connectivity index (χ0n) is 13.3. The maximum Gasteiger partial charge on any atom is 0.341 e. The molecular weight excluding hydrogens is 332 g/mol. The lowest BCUT2D eigenvalue weighted by Gasteiger charge is -2.05. The summed E-state index contributed by atoms with van der Waals surface area (Å²) < 4.78 is 9.48. The van der Waals surface area contributed by atoms with Gasteiger partial charge in [0.1, 0.15) is 11.1 Å². The average Bonchev–Trinajstić information content (AvgIpc) is 2.79. The highest BCUT2D eigenvalue weighted by molar-refractivity contribution is 7.73. The van der Waals surface area contributed by atoms with Gasteiger partial charge in [-0.05, 0) is 50.7 Å². The molecule has 0 amide bonds. The van der Waals surface area contributed by atoms with Gasteiger partial charge in [0.15, 0.2) is 3.95 Å². The summed E-state index contributed by atoms with van der Waals surface area (Å²) in [5, 5.41) is 0. The van der Waals surface area contributed by atoms with Gasteiger partial charge in [-0.25, -0.2) is 4.79 Å². The summed E-state index contributed by atoms with van der Waals surface area (Å²) in [6.45, 7) is 5.91. The molecule has 0 saturated carbocycles. The van der Waals surface area contributed by atoms with Gasteiger partial charge in [0, 0.05) is 12.7 Å². The first-order valence-corrected chi connectivity index (χ1v) is 8.42. The van der Waals surface area contributed by atoms with Crippen LogP contribution in [0.5, 0.6) is 0 Å². The monoisotopic (exact) mass is 348 g/mol. The van der Waals surface area contributed by atoms with Crippen molar-refractivity contribution in [3.05, 3.63) is 43.3 Å². The predicted molar refractivity (Wildman–Crippen MR) is 94.3 cm³/mol. The standard InChI is InChI=1S/C16H16N2O3S2/c1-5-21-15(20)11-10-7-8(2)6-9(3)18(10)12-13(11)23-16(22)17(4)14(12)19/h6-7H,5H2,1-4H3. The Balaban J connectivity index is 2.65. The van der Waals surface area contributed by atoms with Crippen LogP contribution < -0.4 is 5.56 Å². The topological polar surface area (TPSA) is 52.7 Å². The van der Waals surface area contributed by atoms with Gasteiger partial charge < -0.3 is 9.14 Å². The second-order valence-corrected chi connectivity index (χ2v) is 7.04. The largest absolute Gasteiger partial charge is 0.462 e. The van der Waals surface area contributed by atoms with Gasteiger partial charge in [-0.2, -0.15) is 0 Å². The molecule has 3 heterocycles. The lowest BCUT2D eigenvalue weighted by molar-refractivity contribution is 0.0531. The summed E-state index contributed by atoms with van der Waals surface area (Å²) in [7, 11) is 1.65. The Labute approximate surface area is 141 Å². The van der Waals surface area contributed by atoms with Crippen molar-refractivity contribution >= 4 is 45.3 Å². The molecule has 0 aliphatic heterocycles. The zero-order chi connectivity index (χ0) is 16.9. The third-order valence-electron chi connectivity index (χ3n) is 3.77. The van der Waals surface area contributed by atoms with Gasteiger partial charge in [-0.3, -0.25) is 9.36 Å². The van der Waals surface area contributed by atoms with Gasteiger partial charge in [-0.15, -0.1) is 11.3 Å². The number of ether oxygens (including phenoxy) is 1. The number of fused-ring (bicyclic) bond motifs is 3. The molecule has 3 rings (SSSR count). The molecule has 0 bridgehead atoms. The van der Waals surface area contributed by atoms with E-state index in [4.69, 9.17) is 17.0 Å². The Bertz CT molecular complexity index is 1070. The van der Waals surface area contributed by atoms with E-state index in [1.54, 1.807) is 14.0 Å². The molecule has 3 aromatic heterocycles. The Morgan fingerprint density at radius 3 is 2.70 bits per heavy atom. The first-order chi connectivity index (χ1) is 10.9. The SMILES string of the molecule is CCOC(=O)c1c2sc(=S)n(C)c(=O)c2n2c(C)cc(C)cc12. The van der Waals surface area contributed by atoms with Crippen molar-refractivity contribution in [3.8, 4) is 0 Å². The highest BCUT2D eigenvalue weighted by atomic mass is 32.1. The van der Waals surface area contributed by atoms with Crippen LogP contribution in [0.4, 0.5) is 0 Å². The van der Waals surface area contributed by atoms with E-state index in [1.807, 2.05) is 30.4 Å². The fraction of sp³-hybridized carbons (Fsp3) is 0.312. The number of carbonyl (C=O) groups is 1. The minimum Gasteiger partial charge on any atom is -0.462 e. The molecule has 3 aromatic rings. The number of esters is 1. The molecule has 120 valence electrons. The summed E-state index contributed by atoms with van der Waals surface area (Å²) in [5.74, 6) is -0.427. The summed E-state index contributed by atoms with van der Waals surface area (Å²) in [6, 6.07) is 3.88. The number of aryl methyl sites for hydroxylation is 2. The fourth-order valence-electron chi connectivity index (χ4n) is 2.81. The van der Waals surface area contributed by atoms with E-state index in [1.165, 1.54) is 15.9 Å². The van der Waals surface area contributed by atoms with Crippen LogP contribution in [0, 0.1) is 17.8 Å². The highest BCUT2D eigenvalue weighted by Crippen LogP contribution is 2.30. The summed E-state index contributed by atoms with van der Waals surface area (Å²) in [6.07, 6.45) is 0. The van der Waals surface area contributed by atoms with Gasteiger partial charge in [0.2, 0.25) is 0 Å². The Hall–Kier alpha value is -1.99. The molecule has 23 heavy (non-hydrogen) atoms. The lowest BCUT2D eigenvalue weighted by Crippen LogP contribution is -2.17. The molecule has 0 unspecified atom stereocenters. The molecule has 0 N–H and O–H groups in total. The van der Waals surface area contributed by atoms with Crippen LogP contribution in [0.1, 0.15) is 28.5 Å².